The zero-order valence-electron chi connectivity index (χ0n) is 17.2. The maximum Gasteiger partial charge on any atom is 0.319 e. The lowest BCUT2D eigenvalue weighted by atomic mass is 9.47. The molecule has 1 heterocycles. The fourth-order valence-corrected chi connectivity index (χ4v) is 6.12. The van der Waals surface area contributed by atoms with Gasteiger partial charge in [-0.05, 0) is 46.5 Å². The van der Waals surface area contributed by atoms with Crippen molar-refractivity contribution in [1.29, 1.82) is 0 Å². The molecule has 3 aromatic carbocycles. The van der Waals surface area contributed by atoms with Crippen molar-refractivity contribution in [1.82, 2.24) is 0 Å². The highest BCUT2D eigenvalue weighted by molar-refractivity contribution is 6.25. The molecule has 2 unspecified atom stereocenters. The predicted molar refractivity (Wildman–Crippen MR) is 116 cm³/mol. The van der Waals surface area contributed by atoms with Gasteiger partial charge in [0.05, 0.1) is 24.6 Å². The number of aliphatic carboxylic acids is 1. The largest absolute Gasteiger partial charge is 0.497 e. The molecule has 3 aliphatic carbocycles. The quantitative estimate of drug-likeness (QED) is 0.651. The lowest BCUT2D eigenvalue weighted by Crippen LogP contribution is -2.57. The summed E-state index contributed by atoms with van der Waals surface area (Å²) in [6, 6.07) is 21.3. The van der Waals surface area contributed by atoms with Gasteiger partial charge < -0.3 is 9.84 Å². The molecular weight excluding hydrogens is 406 g/mol. The second-order valence-corrected chi connectivity index (χ2v) is 8.48. The SMILES string of the molecule is COc1ccc(N2C(=O)C3C4c5ccccc5C(C(=O)O)(c5ccccc54)C3C2=O)cc1. The predicted octanol–water partition coefficient (Wildman–Crippen LogP) is 3.33. The van der Waals surface area contributed by atoms with Gasteiger partial charge in [0.1, 0.15) is 11.2 Å². The number of methoxy groups -OCH3 is 1. The second kappa shape index (κ2) is 6.29. The summed E-state index contributed by atoms with van der Waals surface area (Å²) in [7, 11) is 1.54. The molecular formula is C26H19NO5. The average molecular weight is 425 g/mol. The van der Waals surface area contributed by atoms with Gasteiger partial charge in [0.2, 0.25) is 11.8 Å². The molecule has 0 aromatic heterocycles. The fraction of sp³-hybridized carbons (Fsp3) is 0.192. The molecule has 2 amide bonds. The lowest BCUT2D eigenvalue weighted by molar-refractivity contribution is -0.149. The Balaban J connectivity index is 1.63. The number of hydrogen-bond donors (Lipinski definition) is 1. The third-order valence-electron chi connectivity index (χ3n) is 7.29. The molecule has 2 atom stereocenters. The van der Waals surface area contributed by atoms with Crippen LogP contribution in [0, 0.1) is 11.8 Å². The molecule has 0 saturated carbocycles. The van der Waals surface area contributed by atoms with Crippen LogP contribution < -0.4 is 9.64 Å². The Kier molecular flexibility index (Phi) is 3.70. The second-order valence-electron chi connectivity index (χ2n) is 8.48. The number of nitrogens with zero attached hydrogens (tertiary/aromatic N) is 1. The van der Waals surface area contributed by atoms with E-state index in [-0.39, 0.29) is 11.8 Å². The number of carboxylic acids is 1. The van der Waals surface area contributed by atoms with E-state index in [4.69, 9.17) is 4.74 Å². The number of anilines is 1. The van der Waals surface area contributed by atoms with E-state index in [9.17, 15) is 19.5 Å². The molecule has 7 rings (SSSR count). The Morgan fingerprint density at radius 3 is 1.97 bits per heavy atom. The van der Waals surface area contributed by atoms with Crippen LogP contribution in [0.2, 0.25) is 0 Å². The first-order valence-electron chi connectivity index (χ1n) is 10.5. The Morgan fingerprint density at radius 2 is 1.44 bits per heavy atom. The molecule has 158 valence electrons. The zero-order valence-corrected chi connectivity index (χ0v) is 17.2. The molecule has 32 heavy (non-hydrogen) atoms. The fourth-order valence-electron chi connectivity index (χ4n) is 6.12. The van der Waals surface area contributed by atoms with Crippen molar-refractivity contribution in [3.05, 3.63) is 95.1 Å². The Labute approximate surface area is 184 Å². The van der Waals surface area contributed by atoms with Crippen LogP contribution in [-0.4, -0.2) is 30.0 Å². The first-order chi connectivity index (χ1) is 15.5. The molecule has 0 radical (unpaired) electrons. The molecule has 2 bridgehead atoms. The molecule has 1 N–H and O–H groups in total. The molecule has 1 fully saturated rings. The molecule has 3 aromatic rings. The standard InChI is InChI=1S/C26H19NO5/c1-32-15-12-10-14(11-13-15)27-23(28)21-20-16-6-2-4-8-18(16)26(25(30)31,22(21)24(27)29)19-9-5-3-7-17(19)20/h2-13,20-22H,1H3,(H,30,31). The van der Waals surface area contributed by atoms with Crippen LogP contribution in [-0.2, 0) is 19.8 Å². The number of carbonyl (C=O) groups is 3. The van der Waals surface area contributed by atoms with Crippen molar-refractivity contribution in [3.8, 4) is 5.75 Å². The number of benzene rings is 3. The maximum atomic E-state index is 13.8. The topological polar surface area (TPSA) is 83.9 Å². The van der Waals surface area contributed by atoms with Gasteiger partial charge in [0.15, 0.2) is 0 Å². The number of rotatable bonds is 3. The van der Waals surface area contributed by atoms with Gasteiger partial charge in [0, 0.05) is 5.92 Å². The van der Waals surface area contributed by atoms with Gasteiger partial charge >= 0.3 is 5.97 Å². The Hall–Kier alpha value is -3.93. The molecule has 1 saturated heterocycles. The highest BCUT2D eigenvalue weighted by atomic mass is 16.5. The molecule has 6 heteroatoms. The van der Waals surface area contributed by atoms with Gasteiger partial charge in [-0.3, -0.25) is 14.4 Å². The highest BCUT2D eigenvalue weighted by Gasteiger charge is 2.71. The molecule has 0 spiro atoms. The Morgan fingerprint density at radius 1 is 0.875 bits per heavy atom. The summed E-state index contributed by atoms with van der Waals surface area (Å²) in [5.74, 6) is -3.48. The number of carboxylic acid groups (broad SMARTS) is 1. The number of ether oxygens (including phenoxy) is 1. The van der Waals surface area contributed by atoms with Gasteiger partial charge in [0.25, 0.3) is 0 Å². The van der Waals surface area contributed by atoms with Crippen molar-refractivity contribution in [2.24, 2.45) is 11.8 Å². The summed E-state index contributed by atoms with van der Waals surface area (Å²) >= 11 is 0. The first kappa shape index (κ1) is 18.8. The number of hydrogen-bond acceptors (Lipinski definition) is 4. The van der Waals surface area contributed by atoms with E-state index in [1.54, 1.807) is 55.6 Å². The maximum absolute atomic E-state index is 13.8. The normalized spacial score (nSPS) is 27.0. The highest BCUT2D eigenvalue weighted by Crippen LogP contribution is 2.64. The summed E-state index contributed by atoms with van der Waals surface area (Å²) in [4.78, 5) is 41.8. The van der Waals surface area contributed by atoms with Gasteiger partial charge in [-0.25, -0.2) is 4.90 Å². The van der Waals surface area contributed by atoms with Crippen LogP contribution in [0.5, 0.6) is 5.75 Å². The monoisotopic (exact) mass is 425 g/mol. The van der Waals surface area contributed by atoms with Crippen molar-refractivity contribution in [2.45, 2.75) is 11.3 Å². The molecule has 4 aliphatic rings. The third kappa shape index (κ3) is 2.02. The van der Waals surface area contributed by atoms with Crippen molar-refractivity contribution < 1.29 is 24.2 Å². The first-order valence-corrected chi connectivity index (χ1v) is 10.5. The Bertz CT molecular complexity index is 1260. The van der Waals surface area contributed by atoms with Crippen molar-refractivity contribution in [3.63, 3.8) is 0 Å². The van der Waals surface area contributed by atoms with Crippen LogP contribution in [0.25, 0.3) is 0 Å². The van der Waals surface area contributed by atoms with Crippen LogP contribution in [0.15, 0.2) is 72.8 Å². The van der Waals surface area contributed by atoms with E-state index >= 15 is 0 Å². The number of imide groups is 1. The van der Waals surface area contributed by atoms with Crippen LogP contribution in [0.3, 0.4) is 0 Å². The van der Waals surface area contributed by atoms with Gasteiger partial charge in [-0.15, -0.1) is 0 Å². The molecule has 1 aliphatic heterocycles. The van der Waals surface area contributed by atoms with E-state index in [0.29, 0.717) is 22.6 Å². The van der Waals surface area contributed by atoms with E-state index in [0.717, 1.165) is 16.0 Å². The van der Waals surface area contributed by atoms with E-state index < -0.39 is 29.1 Å². The van der Waals surface area contributed by atoms with E-state index in [2.05, 4.69) is 0 Å². The van der Waals surface area contributed by atoms with E-state index in [1.807, 2.05) is 24.3 Å². The van der Waals surface area contributed by atoms with Crippen molar-refractivity contribution in [2.75, 3.05) is 12.0 Å². The minimum atomic E-state index is -1.61. The minimum absolute atomic E-state index is 0.357. The third-order valence-corrected chi connectivity index (χ3v) is 7.29. The van der Waals surface area contributed by atoms with E-state index in [1.165, 1.54) is 0 Å². The molecule has 6 nitrogen and oxygen atoms in total. The van der Waals surface area contributed by atoms with Crippen LogP contribution in [0.1, 0.15) is 28.2 Å². The summed E-state index contributed by atoms with van der Waals surface area (Å²) in [6.07, 6.45) is 0. The van der Waals surface area contributed by atoms with Crippen molar-refractivity contribution >= 4 is 23.5 Å². The summed E-state index contributed by atoms with van der Waals surface area (Å²) in [5.41, 5.74) is 1.65. The van der Waals surface area contributed by atoms with Crippen LogP contribution in [0.4, 0.5) is 5.69 Å². The number of carbonyl (C=O) groups excluding carboxylic acids is 2. The lowest BCUT2D eigenvalue weighted by Gasteiger charge is -2.51. The summed E-state index contributed by atoms with van der Waals surface area (Å²) in [6.45, 7) is 0. The van der Waals surface area contributed by atoms with Gasteiger partial charge in [-0.2, -0.15) is 0 Å². The zero-order chi connectivity index (χ0) is 22.2. The summed E-state index contributed by atoms with van der Waals surface area (Å²) in [5, 5.41) is 10.7. The van der Waals surface area contributed by atoms with Gasteiger partial charge in [-0.1, -0.05) is 48.5 Å². The smallest absolute Gasteiger partial charge is 0.319 e. The summed E-state index contributed by atoms with van der Waals surface area (Å²) < 4.78 is 5.19. The number of amides is 2. The average Bonchev–Trinajstić information content (AvgIpc) is 3.09. The minimum Gasteiger partial charge on any atom is -0.497 e. The van der Waals surface area contributed by atoms with Crippen LogP contribution >= 0.6 is 0 Å².